The van der Waals surface area contributed by atoms with Crippen LogP contribution in [0.3, 0.4) is 0 Å². The van der Waals surface area contributed by atoms with Crippen molar-refractivity contribution in [2.75, 3.05) is 23.7 Å². The molecule has 1 aromatic carbocycles. The van der Waals surface area contributed by atoms with Crippen LogP contribution in [0, 0.1) is 17.6 Å². The lowest BCUT2D eigenvalue weighted by atomic mass is 10.1. The first-order valence-corrected chi connectivity index (χ1v) is 11.5. The fourth-order valence-electron chi connectivity index (χ4n) is 4.32. The zero-order valence-electron chi connectivity index (χ0n) is 17.1. The maximum Gasteiger partial charge on any atom is 0.341 e. The summed E-state index contributed by atoms with van der Waals surface area (Å²) in [5.41, 5.74) is -1.48. The Morgan fingerprint density at radius 2 is 2.06 bits per heavy atom. The van der Waals surface area contributed by atoms with Crippen LogP contribution in [-0.4, -0.2) is 39.5 Å². The number of pyridine rings is 2. The Morgan fingerprint density at radius 3 is 2.75 bits per heavy atom. The summed E-state index contributed by atoms with van der Waals surface area (Å²) >= 11 is 1.62. The van der Waals surface area contributed by atoms with E-state index in [0.29, 0.717) is 13.1 Å². The lowest BCUT2D eigenvalue weighted by molar-refractivity contribution is 0.0694. The number of anilines is 1. The number of nitrogens with zero attached hydrogens (tertiary/aromatic N) is 3. The van der Waals surface area contributed by atoms with Crippen molar-refractivity contribution >= 4 is 34.3 Å². The van der Waals surface area contributed by atoms with Crippen molar-refractivity contribution < 1.29 is 18.7 Å². The second-order valence-corrected chi connectivity index (χ2v) is 9.35. The molecule has 1 atom stereocenters. The lowest BCUT2D eigenvalue weighted by Crippen LogP contribution is -2.25. The Labute approximate surface area is 186 Å². The molecule has 0 radical (unpaired) electrons. The molecule has 9 heteroatoms. The van der Waals surface area contributed by atoms with Crippen LogP contribution < -0.4 is 10.3 Å². The second-order valence-electron chi connectivity index (χ2n) is 8.31. The fraction of sp³-hybridized carbons (Fsp3) is 0.348. The zero-order chi connectivity index (χ0) is 22.4. The molecule has 1 aliphatic carbocycles. The van der Waals surface area contributed by atoms with Gasteiger partial charge in [0.2, 0.25) is 5.43 Å². The number of aromatic nitrogens is 2. The van der Waals surface area contributed by atoms with E-state index in [1.54, 1.807) is 22.9 Å². The summed E-state index contributed by atoms with van der Waals surface area (Å²) in [7, 11) is 0. The van der Waals surface area contributed by atoms with Gasteiger partial charge >= 0.3 is 5.97 Å². The Morgan fingerprint density at radius 1 is 1.25 bits per heavy atom. The van der Waals surface area contributed by atoms with Crippen molar-refractivity contribution in [1.82, 2.24) is 9.55 Å². The summed E-state index contributed by atoms with van der Waals surface area (Å²) < 4.78 is 32.3. The molecule has 2 aromatic heterocycles. The third kappa shape index (κ3) is 3.74. The number of thioether (sulfide) groups is 1. The Balaban J connectivity index is 1.48. The molecule has 1 aliphatic heterocycles. The van der Waals surface area contributed by atoms with Gasteiger partial charge in [-0.1, -0.05) is 6.07 Å². The molecule has 3 heterocycles. The number of carboxylic acid groups (broad SMARTS) is 1. The van der Waals surface area contributed by atoms with Crippen molar-refractivity contribution in [3.63, 3.8) is 0 Å². The Hall–Kier alpha value is -2.94. The fourth-order valence-corrected chi connectivity index (χ4v) is 5.31. The average Bonchev–Trinajstić information content (AvgIpc) is 3.52. The Bertz CT molecular complexity index is 1260. The maximum absolute atomic E-state index is 15.7. The van der Waals surface area contributed by atoms with Crippen LogP contribution in [0.5, 0.6) is 0 Å². The van der Waals surface area contributed by atoms with E-state index in [1.165, 1.54) is 10.8 Å². The summed E-state index contributed by atoms with van der Waals surface area (Å²) in [5.74, 6) is -1.99. The van der Waals surface area contributed by atoms with Gasteiger partial charge in [-0.25, -0.2) is 18.6 Å². The predicted octanol–water partition coefficient (Wildman–Crippen LogP) is 4.33. The first-order chi connectivity index (χ1) is 15.4. The van der Waals surface area contributed by atoms with E-state index >= 15 is 8.78 Å². The highest BCUT2D eigenvalue weighted by Crippen LogP contribution is 2.40. The number of rotatable bonds is 6. The lowest BCUT2D eigenvalue weighted by Gasteiger charge is -2.22. The van der Waals surface area contributed by atoms with Gasteiger partial charge < -0.3 is 14.6 Å². The number of carboxylic acids is 1. The number of hydrogen-bond donors (Lipinski definition) is 1. The Kier molecular flexibility index (Phi) is 5.36. The van der Waals surface area contributed by atoms with E-state index in [0.717, 1.165) is 36.1 Å². The van der Waals surface area contributed by atoms with Crippen LogP contribution in [-0.2, 0) is 0 Å². The molecule has 3 aromatic rings. The molecule has 1 unspecified atom stereocenters. The highest BCUT2D eigenvalue weighted by molar-refractivity contribution is 7.99. The first kappa shape index (κ1) is 20.9. The molecule has 1 saturated heterocycles. The van der Waals surface area contributed by atoms with Crippen molar-refractivity contribution in [2.24, 2.45) is 5.92 Å². The van der Waals surface area contributed by atoms with Crippen molar-refractivity contribution in [1.29, 1.82) is 0 Å². The molecule has 0 spiro atoms. The van der Waals surface area contributed by atoms with Gasteiger partial charge in [-0.15, -0.1) is 11.8 Å². The number of halogens is 2. The van der Waals surface area contributed by atoms with E-state index < -0.39 is 28.6 Å². The summed E-state index contributed by atoms with van der Waals surface area (Å²) in [6.45, 7) is 1.01. The minimum Gasteiger partial charge on any atom is -0.477 e. The monoisotopic (exact) mass is 457 g/mol. The predicted molar refractivity (Wildman–Crippen MR) is 119 cm³/mol. The van der Waals surface area contributed by atoms with Crippen molar-refractivity contribution in [2.45, 2.75) is 30.3 Å². The van der Waals surface area contributed by atoms with Gasteiger partial charge in [0, 0.05) is 37.3 Å². The zero-order valence-corrected chi connectivity index (χ0v) is 17.9. The van der Waals surface area contributed by atoms with Gasteiger partial charge in [0.05, 0.1) is 15.9 Å². The van der Waals surface area contributed by atoms with Crippen molar-refractivity contribution in [3.05, 3.63) is 64.1 Å². The molecular weight excluding hydrogens is 436 g/mol. The van der Waals surface area contributed by atoms with Gasteiger partial charge in [-0.2, -0.15) is 0 Å². The van der Waals surface area contributed by atoms with Crippen LogP contribution in [0.4, 0.5) is 14.5 Å². The number of fused-ring (bicyclic) bond motifs is 1. The molecule has 6 nitrogen and oxygen atoms in total. The normalized spacial score (nSPS) is 18.4. The minimum atomic E-state index is -1.40. The van der Waals surface area contributed by atoms with Gasteiger partial charge in [0.25, 0.3) is 0 Å². The van der Waals surface area contributed by atoms with Crippen LogP contribution in [0.1, 0.15) is 35.7 Å². The second kappa shape index (κ2) is 8.20. The molecule has 32 heavy (non-hydrogen) atoms. The summed E-state index contributed by atoms with van der Waals surface area (Å²) in [5, 5.41) is 10.1. The summed E-state index contributed by atoms with van der Waals surface area (Å²) in [4.78, 5) is 30.1. The van der Waals surface area contributed by atoms with Crippen LogP contribution in [0.15, 0.2) is 46.5 Å². The number of hydrogen-bond acceptors (Lipinski definition) is 5. The maximum atomic E-state index is 15.7. The quantitative estimate of drug-likeness (QED) is 0.556. The smallest absolute Gasteiger partial charge is 0.341 e. The molecule has 1 saturated carbocycles. The van der Waals surface area contributed by atoms with E-state index in [9.17, 15) is 14.7 Å². The number of carbonyl (C=O) groups is 1. The van der Waals surface area contributed by atoms with Gasteiger partial charge in [0.15, 0.2) is 5.82 Å². The topological polar surface area (TPSA) is 75.4 Å². The molecule has 2 aliphatic rings. The first-order valence-electron chi connectivity index (χ1n) is 10.5. The summed E-state index contributed by atoms with van der Waals surface area (Å²) in [6, 6.07) is 6.63. The van der Waals surface area contributed by atoms with Gasteiger partial charge in [-0.3, -0.25) is 4.79 Å². The molecule has 5 rings (SSSR count). The molecule has 2 fully saturated rings. The molecule has 0 amide bonds. The third-order valence-electron chi connectivity index (χ3n) is 6.06. The van der Waals surface area contributed by atoms with E-state index in [1.807, 2.05) is 18.2 Å². The molecule has 0 bridgehead atoms. The van der Waals surface area contributed by atoms with Crippen LogP contribution in [0.2, 0.25) is 0 Å². The molecule has 166 valence electrons. The van der Waals surface area contributed by atoms with Gasteiger partial charge in [0.1, 0.15) is 17.1 Å². The van der Waals surface area contributed by atoms with E-state index in [-0.39, 0.29) is 28.6 Å². The SMILES string of the molecule is O=C(O)c1cn(C2CC2)c2c(F)c(N3CCC(CSc4ccccn4)C3)c(F)cc2c1=O. The average molecular weight is 458 g/mol. The molecule has 1 N–H and O–H groups in total. The highest BCUT2D eigenvalue weighted by atomic mass is 32.2. The largest absolute Gasteiger partial charge is 0.477 e. The number of aromatic carboxylic acids is 1. The third-order valence-corrected chi connectivity index (χ3v) is 7.24. The standard InChI is InChI=1S/C23H21F2N3O3S/c24-17-9-15-20(28(14-4-5-14)11-16(22(15)29)23(30)31)19(25)21(17)27-8-6-13(10-27)12-32-18-3-1-2-7-26-18/h1-3,7,9,11,13-14H,4-6,8,10,12H2,(H,30,31). The minimum absolute atomic E-state index is 0.00906. The van der Waals surface area contributed by atoms with Crippen LogP contribution in [0.25, 0.3) is 10.9 Å². The number of benzene rings is 1. The van der Waals surface area contributed by atoms with Crippen LogP contribution >= 0.6 is 11.8 Å². The van der Waals surface area contributed by atoms with Gasteiger partial charge in [-0.05, 0) is 43.4 Å². The van der Waals surface area contributed by atoms with Crippen molar-refractivity contribution in [3.8, 4) is 0 Å². The van der Waals surface area contributed by atoms with E-state index in [2.05, 4.69) is 4.98 Å². The van der Waals surface area contributed by atoms with E-state index in [4.69, 9.17) is 0 Å². The molecular formula is C23H21F2N3O3S. The highest BCUT2D eigenvalue weighted by Gasteiger charge is 2.33. The summed E-state index contributed by atoms with van der Waals surface area (Å²) in [6.07, 6.45) is 5.26.